The largest absolute Gasteiger partial charge is 0.414 e. The number of urea groups is 1. The predicted molar refractivity (Wildman–Crippen MR) is 162 cm³/mol. The van der Waals surface area contributed by atoms with Gasteiger partial charge in [-0.2, -0.15) is 5.01 Å². The lowest BCUT2D eigenvalue weighted by molar-refractivity contribution is -0.158. The number of nitrogens with two attached hydrogens (primary N) is 1. The zero-order chi connectivity index (χ0) is 31.0. The molecule has 3 N–H and O–H groups in total. The Labute approximate surface area is 253 Å². The molecule has 3 heterocycles. The van der Waals surface area contributed by atoms with Gasteiger partial charge in [0.05, 0.1) is 23.3 Å². The summed E-state index contributed by atoms with van der Waals surface area (Å²) in [4.78, 5) is 61.8. The van der Waals surface area contributed by atoms with Crippen molar-refractivity contribution in [3.8, 4) is 5.75 Å². The van der Waals surface area contributed by atoms with E-state index >= 15 is 0 Å². The van der Waals surface area contributed by atoms with Crippen LogP contribution in [0.25, 0.3) is 10.2 Å². The van der Waals surface area contributed by atoms with Crippen LogP contribution in [0.5, 0.6) is 5.75 Å². The molecule has 0 radical (unpaired) electrons. The lowest BCUT2D eigenvalue weighted by Gasteiger charge is -2.47. The van der Waals surface area contributed by atoms with Crippen molar-refractivity contribution in [1.82, 2.24) is 35.0 Å². The average Bonchev–Trinajstić information content (AvgIpc) is 3.50. The van der Waals surface area contributed by atoms with Gasteiger partial charge in [0.25, 0.3) is 0 Å². The Kier molecular flexibility index (Phi) is 8.42. The number of anilines is 1. The molecule has 0 unspecified atom stereocenters. The van der Waals surface area contributed by atoms with Gasteiger partial charge < -0.3 is 30.5 Å². The van der Waals surface area contributed by atoms with Crippen molar-refractivity contribution in [3.63, 3.8) is 0 Å². The third-order valence-electron chi connectivity index (χ3n) is 7.56. The molecular weight excluding hydrogens is 572 g/mol. The van der Waals surface area contributed by atoms with Gasteiger partial charge in [-0.25, -0.2) is 14.6 Å². The van der Waals surface area contributed by atoms with E-state index in [1.54, 1.807) is 65.2 Å². The third kappa shape index (κ3) is 5.92. The van der Waals surface area contributed by atoms with Gasteiger partial charge in [-0.05, 0) is 43.2 Å². The van der Waals surface area contributed by atoms with E-state index in [4.69, 9.17) is 10.5 Å². The fourth-order valence-corrected chi connectivity index (χ4v) is 6.37. The summed E-state index contributed by atoms with van der Waals surface area (Å²) in [5.74, 6) is -0.0663. The minimum atomic E-state index is -0.815. The van der Waals surface area contributed by atoms with Crippen LogP contribution in [0.4, 0.5) is 14.7 Å². The number of carbonyl (C=O) groups is 4. The van der Waals surface area contributed by atoms with Gasteiger partial charge in [-0.1, -0.05) is 35.6 Å². The first-order valence-corrected chi connectivity index (χ1v) is 14.8. The summed E-state index contributed by atoms with van der Waals surface area (Å²) in [6.45, 7) is 4.19. The number of hydrazine groups is 1. The summed E-state index contributed by atoms with van der Waals surface area (Å²) in [5.41, 5.74) is 8.37. The van der Waals surface area contributed by atoms with Gasteiger partial charge >= 0.3 is 12.1 Å². The lowest BCUT2D eigenvalue weighted by atomic mass is 9.99. The highest BCUT2D eigenvalue weighted by molar-refractivity contribution is 7.22. The predicted octanol–water partition coefficient (Wildman–Crippen LogP) is 2.33. The highest BCUT2D eigenvalue weighted by atomic mass is 32.1. The van der Waals surface area contributed by atoms with Crippen LogP contribution < -0.4 is 15.8 Å². The van der Waals surface area contributed by atoms with Crippen LogP contribution in [0, 0.1) is 0 Å². The highest BCUT2D eigenvalue weighted by Gasteiger charge is 2.52. The molecule has 5 amide bonds. The molecule has 0 saturated carbocycles. The Hall–Kier alpha value is -4.43. The normalized spacial score (nSPS) is 18.7. The number of para-hydroxylation sites is 1. The van der Waals surface area contributed by atoms with E-state index in [0.29, 0.717) is 10.9 Å². The molecule has 2 saturated heterocycles. The Morgan fingerprint density at radius 1 is 1.16 bits per heavy atom. The van der Waals surface area contributed by atoms with E-state index in [9.17, 15) is 19.2 Å². The maximum absolute atomic E-state index is 14.2. The fourth-order valence-electron chi connectivity index (χ4n) is 5.59. The molecule has 3 aromatic rings. The van der Waals surface area contributed by atoms with Gasteiger partial charge in [-0.15, -0.1) is 0 Å². The van der Waals surface area contributed by atoms with E-state index in [2.05, 4.69) is 10.3 Å². The molecule has 13 nitrogen and oxygen atoms in total. The van der Waals surface area contributed by atoms with E-state index in [0.717, 1.165) is 21.3 Å². The molecule has 43 heavy (non-hydrogen) atoms. The van der Waals surface area contributed by atoms with Crippen LogP contribution in [0.2, 0.25) is 0 Å². The summed E-state index contributed by atoms with van der Waals surface area (Å²) >= 11 is 1.38. The fraction of sp³-hybridized carbons (Fsp3) is 0.414. The van der Waals surface area contributed by atoms with Gasteiger partial charge in [0, 0.05) is 40.2 Å². The number of fused-ring (bicyclic) bond motifs is 2. The Bertz CT molecular complexity index is 1540. The maximum atomic E-state index is 14.2. The number of nitrogen functional groups attached to an aromatic ring is 1. The monoisotopic (exact) mass is 608 g/mol. The summed E-state index contributed by atoms with van der Waals surface area (Å²) < 4.78 is 6.25. The molecule has 0 bridgehead atoms. The molecule has 2 aliphatic rings. The second-order valence-corrected chi connectivity index (χ2v) is 12.1. The molecule has 2 fully saturated rings. The number of rotatable bonds is 7. The minimum Gasteiger partial charge on any atom is -0.410 e. The number of hydrogen-bond donors (Lipinski definition) is 2. The van der Waals surface area contributed by atoms with Crippen LogP contribution in [-0.4, -0.2) is 106 Å². The highest BCUT2D eigenvalue weighted by Crippen LogP contribution is 2.33. The Morgan fingerprint density at radius 3 is 2.53 bits per heavy atom. The van der Waals surface area contributed by atoms with Crippen molar-refractivity contribution < 1.29 is 23.9 Å². The lowest BCUT2D eigenvalue weighted by Crippen LogP contribution is -2.66. The van der Waals surface area contributed by atoms with Gasteiger partial charge in [-0.3, -0.25) is 14.6 Å². The first-order chi connectivity index (χ1) is 20.5. The number of nitrogens with zero attached hydrogens (tertiary/aromatic N) is 6. The first-order valence-electron chi connectivity index (χ1n) is 14.0. The maximum Gasteiger partial charge on any atom is 0.414 e. The quantitative estimate of drug-likeness (QED) is 0.416. The number of amides is 5. The van der Waals surface area contributed by atoms with Crippen molar-refractivity contribution in [2.24, 2.45) is 0 Å². The van der Waals surface area contributed by atoms with Crippen molar-refractivity contribution >= 4 is 50.6 Å². The summed E-state index contributed by atoms with van der Waals surface area (Å²) in [5, 5.41) is 6.41. The number of ether oxygens (including phenoxy) is 1. The Balaban J connectivity index is 1.48. The van der Waals surface area contributed by atoms with Crippen LogP contribution in [-0.2, 0) is 22.6 Å². The molecule has 0 aliphatic carbocycles. The topological polar surface area (TPSA) is 145 Å². The van der Waals surface area contributed by atoms with Crippen LogP contribution in [0.15, 0.2) is 42.5 Å². The zero-order valence-electron chi connectivity index (χ0n) is 24.8. The summed E-state index contributed by atoms with van der Waals surface area (Å²) in [6, 6.07) is 11.3. The first kappa shape index (κ1) is 30.0. The minimum absolute atomic E-state index is 0.0362. The molecule has 5 rings (SSSR count). The molecule has 1 aromatic heterocycles. The zero-order valence-corrected chi connectivity index (χ0v) is 25.6. The second-order valence-electron chi connectivity index (χ2n) is 11.0. The van der Waals surface area contributed by atoms with Crippen LogP contribution in [0.3, 0.4) is 0 Å². The van der Waals surface area contributed by atoms with Crippen molar-refractivity contribution in [2.75, 3.05) is 40.0 Å². The van der Waals surface area contributed by atoms with Gasteiger partial charge in [0.1, 0.15) is 18.0 Å². The Morgan fingerprint density at radius 2 is 1.88 bits per heavy atom. The number of carbonyl (C=O) groups excluding carboxylic acids is 4. The summed E-state index contributed by atoms with van der Waals surface area (Å²) in [7, 11) is 4.74. The van der Waals surface area contributed by atoms with Crippen LogP contribution >= 0.6 is 11.3 Å². The molecule has 2 atom stereocenters. The molecule has 2 aromatic carbocycles. The number of aromatic nitrogens is 1. The SMILES string of the molecule is CNC(=O)N(C(C)C)N1CC(=O)N2[C@@H](Cc3ccc(OC(=O)N(C)C)cc3)C(=O)N(Cc3cccc4sc(N)nc34)C[C@@H]21. The molecule has 2 aliphatic heterocycles. The number of nitrogens with one attached hydrogen (secondary N) is 1. The number of hydrogen-bond acceptors (Lipinski definition) is 9. The van der Waals surface area contributed by atoms with Gasteiger partial charge in [0.2, 0.25) is 11.8 Å². The molecule has 14 heteroatoms. The molecule has 228 valence electrons. The van der Waals surface area contributed by atoms with Crippen molar-refractivity contribution in [2.45, 2.75) is 45.1 Å². The van der Waals surface area contributed by atoms with E-state index in [1.807, 2.05) is 32.0 Å². The summed E-state index contributed by atoms with van der Waals surface area (Å²) in [6.07, 6.45) is -0.822. The van der Waals surface area contributed by atoms with Gasteiger partial charge in [0.15, 0.2) is 5.13 Å². The smallest absolute Gasteiger partial charge is 0.410 e. The van der Waals surface area contributed by atoms with Crippen LogP contribution in [0.1, 0.15) is 25.0 Å². The third-order valence-corrected chi connectivity index (χ3v) is 8.41. The average molecular weight is 609 g/mol. The molecule has 0 spiro atoms. The van der Waals surface area contributed by atoms with E-state index in [-0.39, 0.29) is 49.9 Å². The number of thiazole rings is 1. The number of benzene rings is 2. The standard InChI is InChI=1S/C29H36N8O5S/c1-17(2)37(28(40)31-3)35-16-24(38)36-21(13-18-9-11-20(12-10-18)42-29(41)33(4)5)26(39)34(15-23(35)36)14-19-7-6-8-22-25(19)32-27(30)43-22/h6-12,17,21,23H,13-16H2,1-5H3,(H2,30,32)(H,31,40)/t21-,23+/m0/s1. The van der Waals surface area contributed by atoms with Crippen molar-refractivity contribution in [1.29, 1.82) is 0 Å². The second kappa shape index (κ2) is 12.1. The number of piperazine rings is 1. The molecular formula is C29H36N8O5S. The van der Waals surface area contributed by atoms with Crippen molar-refractivity contribution in [3.05, 3.63) is 53.6 Å². The van der Waals surface area contributed by atoms with E-state index in [1.165, 1.54) is 16.2 Å². The van der Waals surface area contributed by atoms with E-state index < -0.39 is 18.3 Å².